The van der Waals surface area contributed by atoms with Crippen molar-refractivity contribution in [2.75, 3.05) is 0 Å². The fraction of sp³-hybridized carbons (Fsp3) is 0.438. The van der Waals surface area contributed by atoms with Gasteiger partial charge in [0.2, 0.25) is 11.1 Å². The van der Waals surface area contributed by atoms with E-state index in [0.717, 1.165) is 24.2 Å². The van der Waals surface area contributed by atoms with Gasteiger partial charge in [0, 0.05) is 6.04 Å². The number of ether oxygens (including phenoxy) is 1. The number of nitrogens with one attached hydrogen (secondary N) is 2. The number of H-pyrrole nitrogens is 1. The molecular weight excluding hydrogens is 312 g/mol. The maximum absolute atomic E-state index is 11.9. The molecule has 1 heterocycles. The number of aromatic nitrogens is 3. The van der Waals surface area contributed by atoms with Crippen LogP contribution in [0.4, 0.5) is 0 Å². The molecule has 1 fully saturated rings. The Morgan fingerprint density at radius 3 is 3.00 bits per heavy atom. The Hall–Kier alpha value is -2.02. The molecule has 122 valence electrons. The lowest BCUT2D eigenvalue weighted by molar-refractivity contribution is -0.120. The van der Waals surface area contributed by atoms with Gasteiger partial charge in [0.1, 0.15) is 12.4 Å². The highest BCUT2D eigenvalue weighted by atomic mass is 32.2. The molecule has 1 saturated carbocycles. The first-order chi connectivity index (χ1) is 11.1. The maximum Gasteiger partial charge on any atom is 0.233 e. The van der Waals surface area contributed by atoms with Crippen molar-refractivity contribution in [1.29, 1.82) is 0 Å². The molecule has 0 unspecified atom stereocenters. The number of aryl methyl sites for hydroxylation is 1. The van der Waals surface area contributed by atoms with E-state index in [1.54, 1.807) is 0 Å². The molecule has 23 heavy (non-hydrogen) atoms. The van der Waals surface area contributed by atoms with Crippen molar-refractivity contribution in [3.8, 4) is 5.75 Å². The Bertz CT molecular complexity index is 684. The monoisotopic (exact) mass is 332 g/mol. The normalized spacial score (nSPS) is 15.2. The topological polar surface area (TPSA) is 79.9 Å². The van der Waals surface area contributed by atoms with E-state index in [1.807, 2.05) is 38.1 Å². The number of nitrogens with zero attached hydrogens (tertiary/aromatic N) is 2. The molecule has 0 saturated heterocycles. The van der Waals surface area contributed by atoms with Gasteiger partial charge in [-0.05, 0) is 38.3 Å². The van der Waals surface area contributed by atoms with Crippen LogP contribution in [-0.2, 0) is 11.4 Å². The molecule has 1 aliphatic rings. The highest BCUT2D eigenvalue weighted by Crippen LogP contribution is 2.23. The number of thioether (sulfide) groups is 1. The van der Waals surface area contributed by atoms with Gasteiger partial charge in [-0.1, -0.05) is 30.0 Å². The SMILES string of the molecule is Cc1ccccc1OCc1nc(S[C@@H](C)C(=O)NC2CC2)n[nH]1. The highest BCUT2D eigenvalue weighted by molar-refractivity contribution is 8.00. The molecule has 6 nitrogen and oxygen atoms in total. The molecule has 3 rings (SSSR count). The van der Waals surface area contributed by atoms with E-state index in [9.17, 15) is 4.79 Å². The fourth-order valence-electron chi connectivity index (χ4n) is 2.02. The third-order valence-corrected chi connectivity index (χ3v) is 4.51. The number of carbonyl (C=O) groups excluding carboxylic acids is 1. The van der Waals surface area contributed by atoms with Crippen LogP contribution in [0, 0.1) is 6.92 Å². The molecule has 2 N–H and O–H groups in total. The number of benzene rings is 1. The third kappa shape index (κ3) is 4.48. The lowest BCUT2D eigenvalue weighted by Gasteiger charge is -2.08. The van der Waals surface area contributed by atoms with E-state index >= 15 is 0 Å². The molecule has 1 atom stereocenters. The molecule has 7 heteroatoms. The van der Waals surface area contributed by atoms with Crippen LogP contribution in [0.3, 0.4) is 0 Å². The van der Waals surface area contributed by atoms with Gasteiger partial charge in [-0.3, -0.25) is 9.89 Å². The number of para-hydroxylation sites is 1. The van der Waals surface area contributed by atoms with Gasteiger partial charge in [0.25, 0.3) is 0 Å². The minimum Gasteiger partial charge on any atom is -0.485 e. The van der Waals surface area contributed by atoms with E-state index in [2.05, 4.69) is 20.5 Å². The Kier molecular flexibility index (Phi) is 4.85. The van der Waals surface area contributed by atoms with E-state index in [1.165, 1.54) is 11.8 Å². The number of aromatic amines is 1. The van der Waals surface area contributed by atoms with Crippen molar-refractivity contribution in [1.82, 2.24) is 20.5 Å². The lowest BCUT2D eigenvalue weighted by Crippen LogP contribution is -2.32. The second-order valence-electron chi connectivity index (χ2n) is 5.66. The Labute approximate surface area is 139 Å². The van der Waals surface area contributed by atoms with Gasteiger partial charge in [0.05, 0.1) is 5.25 Å². The summed E-state index contributed by atoms with van der Waals surface area (Å²) in [6.45, 7) is 4.18. The Morgan fingerprint density at radius 2 is 2.26 bits per heavy atom. The van der Waals surface area contributed by atoms with E-state index < -0.39 is 0 Å². The molecular formula is C16H20N4O2S. The molecule has 0 aliphatic heterocycles. The first kappa shape index (κ1) is 15.9. The number of rotatable bonds is 7. The van der Waals surface area contributed by atoms with Crippen LogP contribution < -0.4 is 10.1 Å². The second kappa shape index (κ2) is 7.04. The van der Waals surface area contributed by atoms with Crippen LogP contribution >= 0.6 is 11.8 Å². The van der Waals surface area contributed by atoms with Crippen molar-refractivity contribution in [2.24, 2.45) is 0 Å². The van der Waals surface area contributed by atoms with Crippen LogP contribution in [0.2, 0.25) is 0 Å². The average molecular weight is 332 g/mol. The standard InChI is InChI=1S/C16H20N4O2S/c1-10-5-3-4-6-13(10)22-9-14-18-16(20-19-14)23-11(2)15(21)17-12-7-8-12/h3-6,11-12H,7-9H2,1-2H3,(H,17,21)(H,18,19,20)/t11-/m0/s1. The van der Waals surface area contributed by atoms with E-state index in [4.69, 9.17) is 4.74 Å². The summed E-state index contributed by atoms with van der Waals surface area (Å²) in [7, 11) is 0. The van der Waals surface area contributed by atoms with Gasteiger partial charge >= 0.3 is 0 Å². The predicted molar refractivity (Wildman–Crippen MR) is 88.4 cm³/mol. The summed E-state index contributed by atoms with van der Waals surface area (Å²) >= 11 is 1.35. The first-order valence-corrected chi connectivity index (χ1v) is 8.56. The third-order valence-electron chi connectivity index (χ3n) is 3.54. The van der Waals surface area contributed by atoms with Gasteiger partial charge in [-0.15, -0.1) is 5.10 Å². The fourth-order valence-corrected chi connectivity index (χ4v) is 2.77. The summed E-state index contributed by atoms with van der Waals surface area (Å²) in [5.74, 6) is 1.51. The predicted octanol–water partition coefficient (Wildman–Crippen LogP) is 2.45. The van der Waals surface area contributed by atoms with Crippen molar-refractivity contribution in [3.63, 3.8) is 0 Å². The zero-order valence-corrected chi connectivity index (χ0v) is 14.0. The molecule has 1 amide bonds. The molecule has 0 bridgehead atoms. The van der Waals surface area contributed by atoms with Crippen molar-refractivity contribution in [3.05, 3.63) is 35.7 Å². The van der Waals surface area contributed by atoms with E-state index in [-0.39, 0.29) is 11.2 Å². The maximum atomic E-state index is 11.9. The summed E-state index contributed by atoms with van der Waals surface area (Å²) in [5.41, 5.74) is 1.08. The summed E-state index contributed by atoms with van der Waals surface area (Å²) in [5, 5.41) is 10.3. The summed E-state index contributed by atoms with van der Waals surface area (Å²) in [6, 6.07) is 8.20. The Morgan fingerprint density at radius 1 is 1.48 bits per heavy atom. The number of amides is 1. The van der Waals surface area contributed by atoms with Crippen LogP contribution in [0.1, 0.15) is 31.2 Å². The summed E-state index contributed by atoms with van der Waals surface area (Å²) in [6.07, 6.45) is 2.17. The minimum absolute atomic E-state index is 0.0417. The van der Waals surface area contributed by atoms with Crippen LogP contribution in [0.5, 0.6) is 5.75 Å². The Balaban J connectivity index is 1.51. The van der Waals surface area contributed by atoms with Gasteiger partial charge < -0.3 is 10.1 Å². The zero-order valence-electron chi connectivity index (χ0n) is 13.2. The molecule has 1 aromatic heterocycles. The smallest absolute Gasteiger partial charge is 0.233 e. The minimum atomic E-state index is -0.212. The van der Waals surface area contributed by atoms with Crippen molar-refractivity contribution < 1.29 is 9.53 Å². The molecule has 0 spiro atoms. The van der Waals surface area contributed by atoms with Gasteiger partial charge in [-0.25, -0.2) is 4.98 Å². The van der Waals surface area contributed by atoms with Crippen molar-refractivity contribution >= 4 is 17.7 Å². The first-order valence-electron chi connectivity index (χ1n) is 7.68. The lowest BCUT2D eigenvalue weighted by atomic mass is 10.2. The van der Waals surface area contributed by atoms with Crippen LogP contribution in [-0.4, -0.2) is 32.4 Å². The molecule has 2 aromatic rings. The van der Waals surface area contributed by atoms with Crippen molar-refractivity contribution in [2.45, 2.75) is 49.7 Å². The molecule has 1 aliphatic carbocycles. The van der Waals surface area contributed by atoms with Gasteiger partial charge in [-0.2, -0.15) is 0 Å². The summed E-state index contributed by atoms with van der Waals surface area (Å²) < 4.78 is 5.73. The second-order valence-corrected chi connectivity index (χ2v) is 6.97. The number of hydrogen-bond acceptors (Lipinski definition) is 5. The zero-order chi connectivity index (χ0) is 16.2. The van der Waals surface area contributed by atoms with Gasteiger partial charge in [0.15, 0.2) is 5.82 Å². The number of carbonyl (C=O) groups is 1. The highest BCUT2D eigenvalue weighted by Gasteiger charge is 2.26. The van der Waals surface area contributed by atoms with E-state index in [0.29, 0.717) is 23.6 Å². The largest absolute Gasteiger partial charge is 0.485 e. The molecule has 1 aromatic carbocycles. The summed E-state index contributed by atoms with van der Waals surface area (Å²) in [4.78, 5) is 16.3. The number of hydrogen-bond donors (Lipinski definition) is 2. The van der Waals surface area contributed by atoms with Crippen LogP contribution in [0.25, 0.3) is 0 Å². The van der Waals surface area contributed by atoms with Crippen LogP contribution in [0.15, 0.2) is 29.4 Å². The average Bonchev–Trinajstić information content (AvgIpc) is 3.24. The molecule has 0 radical (unpaired) electrons. The quantitative estimate of drug-likeness (QED) is 0.761.